The molecule has 1 atom stereocenters. The molecular weight excluding hydrogens is 350 g/mol. The molecular formula is C18H15Cl2FN2O. The number of aromatic nitrogens is 2. The van der Waals surface area contributed by atoms with Crippen LogP contribution in [0.4, 0.5) is 4.39 Å². The second-order valence-corrected chi connectivity index (χ2v) is 6.23. The molecule has 1 aromatic heterocycles. The normalized spacial score (nSPS) is 12.1. The van der Waals surface area contributed by atoms with E-state index >= 15 is 0 Å². The van der Waals surface area contributed by atoms with E-state index in [1.54, 1.807) is 42.9 Å². The zero-order valence-corrected chi connectivity index (χ0v) is 14.2. The molecule has 124 valence electrons. The average Bonchev–Trinajstić information content (AvgIpc) is 3.05. The molecule has 0 aliphatic carbocycles. The fraction of sp³-hybridized carbons (Fsp3) is 0.167. The van der Waals surface area contributed by atoms with Gasteiger partial charge in [-0.15, -0.1) is 0 Å². The van der Waals surface area contributed by atoms with Crippen molar-refractivity contribution in [1.29, 1.82) is 0 Å². The Morgan fingerprint density at radius 3 is 2.42 bits per heavy atom. The van der Waals surface area contributed by atoms with Gasteiger partial charge in [0.25, 0.3) is 0 Å². The maximum absolute atomic E-state index is 13.2. The lowest BCUT2D eigenvalue weighted by Crippen LogP contribution is -2.11. The molecule has 3 rings (SSSR count). The van der Waals surface area contributed by atoms with Crippen LogP contribution < -0.4 is 4.74 Å². The highest BCUT2D eigenvalue weighted by atomic mass is 35.5. The Kier molecular flexibility index (Phi) is 5.38. The van der Waals surface area contributed by atoms with Gasteiger partial charge in [0.2, 0.25) is 0 Å². The lowest BCUT2D eigenvalue weighted by molar-refractivity contribution is 0.188. The van der Waals surface area contributed by atoms with Gasteiger partial charge in [-0.2, -0.15) is 0 Å². The van der Waals surface area contributed by atoms with Crippen LogP contribution in [0.25, 0.3) is 0 Å². The lowest BCUT2D eigenvalue weighted by Gasteiger charge is -2.20. The average molecular weight is 365 g/mol. The summed E-state index contributed by atoms with van der Waals surface area (Å²) in [6.45, 7) is 0.719. The van der Waals surface area contributed by atoms with Crippen molar-refractivity contribution in [2.24, 2.45) is 0 Å². The summed E-state index contributed by atoms with van der Waals surface area (Å²) in [5.74, 6) is 0.297. The Hall–Kier alpha value is -2.04. The van der Waals surface area contributed by atoms with Crippen LogP contribution in [-0.4, -0.2) is 9.55 Å². The molecule has 0 radical (unpaired) electrons. The first-order valence-electron chi connectivity index (χ1n) is 7.44. The summed E-state index contributed by atoms with van der Waals surface area (Å²) in [6, 6.07) is 11.4. The van der Waals surface area contributed by atoms with Crippen molar-refractivity contribution < 1.29 is 9.13 Å². The molecule has 0 N–H and O–H groups in total. The molecule has 3 aromatic rings. The molecule has 3 nitrogen and oxygen atoms in total. The number of nitrogens with zero attached hydrogens (tertiary/aromatic N) is 2. The number of benzene rings is 2. The summed E-state index contributed by atoms with van der Waals surface area (Å²) in [4.78, 5) is 4.03. The monoisotopic (exact) mass is 364 g/mol. The van der Waals surface area contributed by atoms with Gasteiger partial charge in [0.15, 0.2) is 0 Å². The second kappa shape index (κ2) is 7.69. The van der Waals surface area contributed by atoms with Crippen LogP contribution in [0.1, 0.15) is 18.1 Å². The quantitative estimate of drug-likeness (QED) is 0.574. The first-order chi connectivity index (χ1) is 11.6. The Labute approximate surface area is 149 Å². The van der Waals surface area contributed by atoms with Crippen molar-refractivity contribution in [3.05, 3.63) is 82.6 Å². The summed E-state index contributed by atoms with van der Waals surface area (Å²) < 4.78 is 21.2. The van der Waals surface area contributed by atoms with Crippen LogP contribution in [0.3, 0.4) is 0 Å². The Morgan fingerprint density at radius 2 is 1.79 bits per heavy atom. The third-order valence-corrected chi connectivity index (χ3v) is 4.00. The first kappa shape index (κ1) is 16.8. The van der Waals surface area contributed by atoms with E-state index in [-0.39, 0.29) is 11.9 Å². The van der Waals surface area contributed by atoms with E-state index in [0.717, 1.165) is 12.1 Å². The van der Waals surface area contributed by atoms with Crippen LogP contribution in [0.5, 0.6) is 5.75 Å². The number of ether oxygens (including phenoxy) is 1. The van der Waals surface area contributed by atoms with Gasteiger partial charge < -0.3 is 9.30 Å². The number of rotatable bonds is 6. The van der Waals surface area contributed by atoms with Crippen LogP contribution in [0, 0.1) is 5.82 Å². The SMILES string of the molecule is Fc1ccc([C@@H](CCn2ccnc2)Oc2cc(Cl)cc(Cl)c2)cc1. The number of aryl methyl sites for hydroxylation is 1. The fourth-order valence-electron chi connectivity index (χ4n) is 2.42. The largest absolute Gasteiger partial charge is 0.486 e. The van der Waals surface area contributed by atoms with Crippen molar-refractivity contribution >= 4 is 23.2 Å². The van der Waals surface area contributed by atoms with Gasteiger partial charge in [-0.25, -0.2) is 9.37 Å². The van der Waals surface area contributed by atoms with Gasteiger partial charge in [0, 0.05) is 35.4 Å². The summed E-state index contributed by atoms with van der Waals surface area (Å²) in [5, 5.41) is 1.01. The highest BCUT2D eigenvalue weighted by Gasteiger charge is 2.15. The first-order valence-corrected chi connectivity index (χ1v) is 8.20. The third-order valence-electron chi connectivity index (χ3n) is 3.56. The van der Waals surface area contributed by atoms with E-state index in [0.29, 0.717) is 22.2 Å². The number of imidazole rings is 1. The molecule has 0 aliphatic rings. The standard InChI is InChI=1S/C18H15Cl2FN2O/c19-14-9-15(20)11-17(10-14)24-18(5-7-23-8-6-22-12-23)13-1-3-16(21)4-2-13/h1-4,6,8-12,18H,5,7H2/t18-/m1/s1. The number of halogens is 3. The summed E-state index contributed by atoms with van der Waals surface area (Å²) in [5.41, 5.74) is 0.882. The van der Waals surface area contributed by atoms with Crippen molar-refractivity contribution in [3.8, 4) is 5.75 Å². The molecule has 0 amide bonds. The van der Waals surface area contributed by atoms with Gasteiger partial charge in [0.1, 0.15) is 17.7 Å². The second-order valence-electron chi connectivity index (χ2n) is 5.35. The van der Waals surface area contributed by atoms with E-state index in [2.05, 4.69) is 4.98 Å². The molecule has 0 fully saturated rings. The van der Waals surface area contributed by atoms with Crippen molar-refractivity contribution in [2.45, 2.75) is 19.1 Å². The molecule has 0 saturated carbocycles. The molecule has 0 saturated heterocycles. The number of hydrogen-bond donors (Lipinski definition) is 0. The maximum atomic E-state index is 13.2. The van der Waals surface area contributed by atoms with E-state index in [1.807, 2.05) is 10.8 Å². The molecule has 24 heavy (non-hydrogen) atoms. The molecule has 0 bridgehead atoms. The zero-order valence-electron chi connectivity index (χ0n) is 12.7. The minimum Gasteiger partial charge on any atom is -0.486 e. The van der Waals surface area contributed by atoms with E-state index in [4.69, 9.17) is 27.9 Å². The van der Waals surface area contributed by atoms with Crippen LogP contribution in [0.2, 0.25) is 10.0 Å². The van der Waals surface area contributed by atoms with E-state index < -0.39 is 0 Å². The Morgan fingerprint density at radius 1 is 1.08 bits per heavy atom. The van der Waals surface area contributed by atoms with Gasteiger partial charge in [-0.3, -0.25) is 0 Å². The molecule has 0 unspecified atom stereocenters. The minimum absolute atomic E-state index is 0.262. The molecule has 6 heteroatoms. The van der Waals surface area contributed by atoms with Gasteiger partial charge in [0.05, 0.1) is 6.33 Å². The highest BCUT2D eigenvalue weighted by molar-refractivity contribution is 6.34. The smallest absolute Gasteiger partial charge is 0.125 e. The molecule has 0 spiro atoms. The zero-order chi connectivity index (χ0) is 16.9. The molecule has 2 aromatic carbocycles. The van der Waals surface area contributed by atoms with Crippen molar-refractivity contribution in [2.75, 3.05) is 0 Å². The lowest BCUT2D eigenvalue weighted by atomic mass is 10.1. The third kappa shape index (κ3) is 4.49. The van der Waals surface area contributed by atoms with Gasteiger partial charge in [-0.05, 0) is 35.9 Å². The molecule has 1 heterocycles. The van der Waals surface area contributed by atoms with Crippen molar-refractivity contribution in [3.63, 3.8) is 0 Å². The minimum atomic E-state index is -0.280. The van der Waals surface area contributed by atoms with Gasteiger partial charge in [-0.1, -0.05) is 35.3 Å². The Balaban J connectivity index is 1.81. The van der Waals surface area contributed by atoms with Crippen LogP contribution >= 0.6 is 23.2 Å². The van der Waals surface area contributed by atoms with E-state index in [1.165, 1.54) is 12.1 Å². The Bertz CT molecular complexity index is 771. The molecule has 0 aliphatic heterocycles. The van der Waals surface area contributed by atoms with Gasteiger partial charge >= 0.3 is 0 Å². The summed E-state index contributed by atoms with van der Waals surface area (Å²) in [7, 11) is 0. The summed E-state index contributed by atoms with van der Waals surface area (Å²) in [6.07, 6.45) is 5.79. The van der Waals surface area contributed by atoms with Crippen molar-refractivity contribution in [1.82, 2.24) is 9.55 Å². The fourth-order valence-corrected chi connectivity index (χ4v) is 2.92. The van der Waals surface area contributed by atoms with E-state index in [9.17, 15) is 4.39 Å². The van der Waals surface area contributed by atoms with Crippen LogP contribution in [-0.2, 0) is 6.54 Å². The summed E-state index contributed by atoms with van der Waals surface area (Å²) >= 11 is 12.1. The maximum Gasteiger partial charge on any atom is 0.125 e. The highest BCUT2D eigenvalue weighted by Crippen LogP contribution is 2.30. The predicted octanol–water partition coefficient (Wildman–Crippen LogP) is 5.54. The predicted molar refractivity (Wildman–Crippen MR) is 93.1 cm³/mol. The topological polar surface area (TPSA) is 27.1 Å². The number of hydrogen-bond acceptors (Lipinski definition) is 2. The van der Waals surface area contributed by atoms with Crippen LogP contribution in [0.15, 0.2) is 61.2 Å².